The monoisotopic (exact) mass is 278 g/mol. The van der Waals surface area contributed by atoms with Gasteiger partial charge in [-0.2, -0.15) is 0 Å². The minimum absolute atomic E-state index is 0.0560. The standard InChI is InChI=1S/C15H22N2O3/c1-19-8-9-20-14-5-3-2-4-12(14)15(18)17-10-13(16)11-6-7-11/h2-5,11,13H,6-10,16H2,1H3,(H,17,18). The third-order valence-electron chi connectivity index (χ3n) is 3.40. The second kappa shape index (κ2) is 7.26. The molecular weight excluding hydrogens is 256 g/mol. The quantitative estimate of drug-likeness (QED) is 0.700. The van der Waals surface area contributed by atoms with Crippen molar-refractivity contribution >= 4 is 5.91 Å². The summed E-state index contributed by atoms with van der Waals surface area (Å²) < 4.78 is 10.5. The van der Waals surface area contributed by atoms with Gasteiger partial charge in [0, 0.05) is 19.7 Å². The Hall–Kier alpha value is -1.59. The predicted molar refractivity (Wildman–Crippen MR) is 76.8 cm³/mol. The van der Waals surface area contributed by atoms with Gasteiger partial charge < -0.3 is 20.5 Å². The highest BCUT2D eigenvalue weighted by Crippen LogP contribution is 2.31. The van der Waals surface area contributed by atoms with Crippen molar-refractivity contribution in [3.05, 3.63) is 29.8 Å². The first-order valence-corrected chi connectivity index (χ1v) is 6.97. The number of nitrogens with two attached hydrogens (primary N) is 1. The lowest BCUT2D eigenvalue weighted by Crippen LogP contribution is -2.38. The fraction of sp³-hybridized carbons (Fsp3) is 0.533. The third-order valence-corrected chi connectivity index (χ3v) is 3.40. The number of rotatable bonds is 8. The zero-order valence-electron chi connectivity index (χ0n) is 11.8. The van der Waals surface area contributed by atoms with Crippen LogP contribution < -0.4 is 15.8 Å². The van der Waals surface area contributed by atoms with Gasteiger partial charge in [0.15, 0.2) is 0 Å². The molecule has 1 aromatic rings. The fourth-order valence-corrected chi connectivity index (χ4v) is 2.01. The van der Waals surface area contributed by atoms with Gasteiger partial charge in [-0.3, -0.25) is 4.79 Å². The number of para-hydroxylation sites is 1. The molecule has 2 rings (SSSR count). The highest BCUT2D eigenvalue weighted by Gasteiger charge is 2.28. The van der Waals surface area contributed by atoms with E-state index in [4.69, 9.17) is 15.2 Å². The number of amides is 1. The van der Waals surface area contributed by atoms with Gasteiger partial charge in [-0.15, -0.1) is 0 Å². The van der Waals surface area contributed by atoms with E-state index in [1.165, 1.54) is 12.8 Å². The Kier molecular flexibility index (Phi) is 5.38. The van der Waals surface area contributed by atoms with Crippen LogP contribution in [0, 0.1) is 5.92 Å². The largest absolute Gasteiger partial charge is 0.490 e. The van der Waals surface area contributed by atoms with Gasteiger partial charge in [0.1, 0.15) is 12.4 Å². The molecule has 1 aliphatic carbocycles. The topological polar surface area (TPSA) is 73.6 Å². The van der Waals surface area contributed by atoms with Crippen LogP contribution in [0.15, 0.2) is 24.3 Å². The molecule has 3 N–H and O–H groups in total. The molecule has 0 heterocycles. The molecule has 1 aromatic carbocycles. The molecule has 0 aromatic heterocycles. The van der Waals surface area contributed by atoms with Crippen molar-refractivity contribution in [1.29, 1.82) is 0 Å². The molecule has 0 radical (unpaired) electrons. The van der Waals surface area contributed by atoms with E-state index in [0.29, 0.717) is 37.0 Å². The lowest BCUT2D eigenvalue weighted by atomic mass is 10.1. The van der Waals surface area contributed by atoms with Crippen LogP contribution in [-0.4, -0.2) is 38.8 Å². The van der Waals surface area contributed by atoms with Crippen molar-refractivity contribution in [1.82, 2.24) is 5.32 Å². The minimum Gasteiger partial charge on any atom is -0.490 e. The van der Waals surface area contributed by atoms with E-state index in [9.17, 15) is 4.79 Å². The lowest BCUT2D eigenvalue weighted by molar-refractivity contribution is 0.0942. The summed E-state index contributed by atoms with van der Waals surface area (Å²) in [6.45, 7) is 1.42. The molecule has 1 aliphatic rings. The Morgan fingerprint density at radius 3 is 2.85 bits per heavy atom. The highest BCUT2D eigenvalue weighted by molar-refractivity contribution is 5.96. The Bertz CT molecular complexity index is 446. The summed E-state index contributed by atoms with van der Waals surface area (Å²) in [5.41, 5.74) is 6.51. The summed E-state index contributed by atoms with van der Waals surface area (Å²) in [7, 11) is 1.61. The summed E-state index contributed by atoms with van der Waals surface area (Å²) >= 11 is 0. The van der Waals surface area contributed by atoms with Gasteiger partial charge in [0.05, 0.1) is 12.2 Å². The SMILES string of the molecule is COCCOc1ccccc1C(=O)NCC(N)C1CC1. The summed E-state index contributed by atoms with van der Waals surface area (Å²) in [5, 5.41) is 2.88. The van der Waals surface area contributed by atoms with Gasteiger partial charge in [0.25, 0.3) is 5.91 Å². The number of benzene rings is 1. The number of carbonyl (C=O) groups is 1. The molecule has 1 saturated carbocycles. The van der Waals surface area contributed by atoms with Crippen LogP contribution in [0.2, 0.25) is 0 Å². The van der Waals surface area contributed by atoms with Crippen LogP contribution in [0.5, 0.6) is 5.75 Å². The second-order valence-corrected chi connectivity index (χ2v) is 5.05. The maximum atomic E-state index is 12.2. The Morgan fingerprint density at radius 1 is 1.40 bits per heavy atom. The third kappa shape index (κ3) is 4.21. The summed E-state index contributed by atoms with van der Waals surface area (Å²) in [5.74, 6) is 1.000. The van der Waals surface area contributed by atoms with E-state index in [-0.39, 0.29) is 11.9 Å². The van der Waals surface area contributed by atoms with Gasteiger partial charge in [-0.25, -0.2) is 0 Å². The average Bonchev–Trinajstić information content (AvgIpc) is 3.30. The van der Waals surface area contributed by atoms with Crippen molar-refractivity contribution in [2.75, 3.05) is 26.9 Å². The molecule has 0 aliphatic heterocycles. The molecule has 1 fully saturated rings. The average molecular weight is 278 g/mol. The van der Waals surface area contributed by atoms with Gasteiger partial charge in [-0.1, -0.05) is 12.1 Å². The molecule has 1 amide bonds. The molecule has 0 spiro atoms. The molecule has 110 valence electrons. The zero-order chi connectivity index (χ0) is 14.4. The van der Waals surface area contributed by atoms with Crippen molar-refractivity contribution in [2.24, 2.45) is 11.7 Å². The number of hydrogen-bond donors (Lipinski definition) is 2. The van der Waals surface area contributed by atoms with E-state index >= 15 is 0 Å². The van der Waals surface area contributed by atoms with E-state index in [1.54, 1.807) is 19.2 Å². The number of methoxy groups -OCH3 is 1. The summed E-state index contributed by atoms with van der Waals surface area (Å²) in [4.78, 5) is 12.2. The smallest absolute Gasteiger partial charge is 0.255 e. The molecule has 20 heavy (non-hydrogen) atoms. The number of nitrogens with one attached hydrogen (secondary N) is 1. The van der Waals surface area contributed by atoms with Gasteiger partial charge in [0.2, 0.25) is 0 Å². The van der Waals surface area contributed by atoms with Crippen LogP contribution in [0.25, 0.3) is 0 Å². The van der Waals surface area contributed by atoms with Crippen molar-refractivity contribution in [2.45, 2.75) is 18.9 Å². The molecule has 5 heteroatoms. The maximum Gasteiger partial charge on any atom is 0.255 e. The Labute approximate surface area is 119 Å². The first-order chi connectivity index (χ1) is 9.72. The van der Waals surface area contributed by atoms with Crippen LogP contribution >= 0.6 is 0 Å². The molecule has 0 saturated heterocycles. The molecule has 5 nitrogen and oxygen atoms in total. The van der Waals surface area contributed by atoms with Gasteiger partial charge >= 0.3 is 0 Å². The molecule has 1 atom stereocenters. The highest BCUT2D eigenvalue weighted by atomic mass is 16.5. The first-order valence-electron chi connectivity index (χ1n) is 6.97. The molecule has 0 bridgehead atoms. The van der Waals surface area contributed by atoms with E-state index < -0.39 is 0 Å². The van der Waals surface area contributed by atoms with E-state index in [0.717, 1.165) is 0 Å². The maximum absolute atomic E-state index is 12.2. The van der Waals surface area contributed by atoms with Crippen LogP contribution in [0.3, 0.4) is 0 Å². The number of ether oxygens (including phenoxy) is 2. The fourth-order valence-electron chi connectivity index (χ4n) is 2.01. The predicted octanol–water partition coefficient (Wildman–Crippen LogP) is 1.18. The van der Waals surface area contributed by atoms with E-state index in [1.807, 2.05) is 12.1 Å². The number of carbonyl (C=O) groups excluding carboxylic acids is 1. The van der Waals surface area contributed by atoms with Crippen molar-refractivity contribution in [3.63, 3.8) is 0 Å². The zero-order valence-corrected chi connectivity index (χ0v) is 11.8. The van der Waals surface area contributed by atoms with E-state index in [2.05, 4.69) is 5.32 Å². The van der Waals surface area contributed by atoms with Crippen LogP contribution in [0.4, 0.5) is 0 Å². The normalized spacial score (nSPS) is 15.7. The first kappa shape index (κ1) is 14.8. The minimum atomic E-state index is -0.144. The molecular formula is C15H22N2O3. The van der Waals surface area contributed by atoms with Crippen LogP contribution in [-0.2, 0) is 4.74 Å². The number of hydrogen-bond acceptors (Lipinski definition) is 4. The van der Waals surface area contributed by atoms with Crippen LogP contribution in [0.1, 0.15) is 23.2 Å². The summed E-state index contributed by atoms with van der Waals surface area (Å²) in [6.07, 6.45) is 2.35. The van der Waals surface area contributed by atoms with Crippen molar-refractivity contribution < 1.29 is 14.3 Å². The molecule has 1 unspecified atom stereocenters. The summed E-state index contributed by atoms with van der Waals surface area (Å²) in [6, 6.07) is 7.25. The van der Waals surface area contributed by atoms with Gasteiger partial charge in [-0.05, 0) is 30.9 Å². The Balaban J connectivity index is 1.90. The lowest BCUT2D eigenvalue weighted by Gasteiger charge is -2.14. The Morgan fingerprint density at radius 2 is 2.15 bits per heavy atom. The second-order valence-electron chi connectivity index (χ2n) is 5.05. The van der Waals surface area contributed by atoms with Crippen molar-refractivity contribution in [3.8, 4) is 5.75 Å².